The molecule has 0 aromatic carbocycles. The topological polar surface area (TPSA) is 119 Å². The number of aliphatic hydroxyl groups is 2. The molecule has 18 heavy (non-hydrogen) atoms. The molecule has 0 aromatic rings. The summed E-state index contributed by atoms with van der Waals surface area (Å²) >= 11 is 0. The molecule has 2 N–H and O–H groups in total. The Labute approximate surface area is 107 Å². The van der Waals surface area contributed by atoms with Gasteiger partial charge in [0.2, 0.25) is 0 Å². The summed E-state index contributed by atoms with van der Waals surface area (Å²) in [5, 5.41) is 18.8. The van der Waals surface area contributed by atoms with Gasteiger partial charge in [-0.3, -0.25) is 8.75 Å². The first-order chi connectivity index (χ1) is 8.20. The molecule has 10 heteroatoms. The van der Waals surface area contributed by atoms with Crippen LogP contribution in [0.5, 0.6) is 0 Å². The maximum absolute atomic E-state index is 12.1. The van der Waals surface area contributed by atoms with Gasteiger partial charge in [0.15, 0.2) is 5.85 Å². The Morgan fingerprint density at radius 1 is 1.22 bits per heavy atom. The first-order valence-corrected chi connectivity index (χ1v) is 8.69. The lowest BCUT2D eigenvalue weighted by Gasteiger charge is -2.26. The van der Waals surface area contributed by atoms with Crippen molar-refractivity contribution in [2.75, 3.05) is 26.1 Å². The minimum absolute atomic E-state index is 0.00857. The van der Waals surface area contributed by atoms with Crippen LogP contribution in [0.2, 0.25) is 0 Å². The molecule has 0 saturated carbocycles. The molecule has 0 aliphatic heterocycles. The largest absolute Gasteiger partial charge is 0.393 e. The van der Waals surface area contributed by atoms with Crippen LogP contribution in [0, 0.1) is 0 Å². The monoisotopic (exact) mass is 306 g/mol. The molecular formula is C8H19O8PS. The third-order valence-electron chi connectivity index (χ3n) is 1.75. The molecule has 8 nitrogen and oxygen atoms in total. The van der Waals surface area contributed by atoms with E-state index in [1.165, 1.54) is 13.8 Å². The molecule has 0 aromatic heterocycles. The molecule has 0 aliphatic rings. The quantitative estimate of drug-likeness (QED) is 0.448. The summed E-state index contributed by atoms with van der Waals surface area (Å²) in [5.74, 6) is -1.89. The lowest BCUT2D eigenvalue weighted by Crippen LogP contribution is -2.35. The van der Waals surface area contributed by atoms with Crippen LogP contribution in [-0.4, -0.2) is 56.7 Å². The molecule has 0 amide bonds. The third kappa shape index (κ3) is 5.75. The highest BCUT2D eigenvalue weighted by Gasteiger charge is 2.41. The van der Waals surface area contributed by atoms with E-state index in [9.17, 15) is 18.1 Å². The van der Waals surface area contributed by atoms with Crippen molar-refractivity contribution in [3.8, 4) is 0 Å². The van der Waals surface area contributed by atoms with Gasteiger partial charge in [0, 0.05) is 0 Å². The molecular weight excluding hydrogens is 287 g/mol. The first-order valence-electron chi connectivity index (χ1n) is 5.26. The van der Waals surface area contributed by atoms with Crippen molar-refractivity contribution in [1.82, 2.24) is 0 Å². The summed E-state index contributed by atoms with van der Waals surface area (Å²) < 4.78 is 48.1. The Hall–Kier alpha value is -0.0200. The lowest BCUT2D eigenvalue weighted by molar-refractivity contribution is 0.0258. The Morgan fingerprint density at radius 3 is 1.94 bits per heavy atom. The van der Waals surface area contributed by atoms with Crippen molar-refractivity contribution in [3.05, 3.63) is 0 Å². The Morgan fingerprint density at radius 2 is 1.67 bits per heavy atom. The van der Waals surface area contributed by atoms with Crippen LogP contribution in [0.25, 0.3) is 0 Å². The van der Waals surface area contributed by atoms with Gasteiger partial charge < -0.3 is 19.3 Å². The summed E-state index contributed by atoms with van der Waals surface area (Å²) in [6.07, 6.45) is -0.863. The second-order valence-corrected chi connectivity index (χ2v) is 7.04. The molecule has 0 fully saturated rings. The van der Waals surface area contributed by atoms with Gasteiger partial charge >= 0.3 is 7.60 Å². The maximum Gasteiger partial charge on any atom is 0.361 e. The van der Waals surface area contributed by atoms with Gasteiger partial charge in [-0.2, -0.15) is 8.42 Å². The average molecular weight is 306 g/mol. The summed E-state index contributed by atoms with van der Waals surface area (Å²) in [4.78, 5) is 0. The summed E-state index contributed by atoms with van der Waals surface area (Å²) in [6, 6.07) is 0. The molecule has 0 rings (SSSR count). The molecule has 0 heterocycles. The zero-order chi connectivity index (χ0) is 14.4. The van der Waals surface area contributed by atoms with Gasteiger partial charge in [0.1, 0.15) is 6.10 Å². The van der Waals surface area contributed by atoms with Crippen LogP contribution in [0.4, 0.5) is 0 Å². The van der Waals surface area contributed by atoms with E-state index in [1.807, 2.05) is 0 Å². The Kier molecular flexibility index (Phi) is 7.53. The van der Waals surface area contributed by atoms with Crippen molar-refractivity contribution < 1.29 is 36.4 Å². The predicted molar refractivity (Wildman–Crippen MR) is 63.7 cm³/mol. The minimum Gasteiger partial charge on any atom is -0.393 e. The minimum atomic E-state index is -3.96. The normalized spacial score (nSPS) is 16.5. The molecule has 0 spiro atoms. The molecule has 0 bridgehead atoms. The molecule has 110 valence electrons. The van der Waals surface area contributed by atoms with Gasteiger partial charge in [0.05, 0.1) is 26.1 Å². The molecule has 0 aliphatic carbocycles. The van der Waals surface area contributed by atoms with Crippen LogP contribution < -0.4 is 0 Å². The van der Waals surface area contributed by atoms with Crippen molar-refractivity contribution in [2.24, 2.45) is 0 Å². The zero-order valence-electron chi connectivity index (χ0n) is 10.5. The highest BCUT2D eigenvalue weighted by molar-refractivity contribution is 7.86. The van der Waals surface area contributed by atoms with Gasteiger partial charge in [-0.15, -0.1) is 0 Å². The van der Waals surface area contributed by atoms with Gasteiger partial charge in [0.25, 0.3) is 10.1 Å². The summed E-state index contributed by atoms with van der Waals surface area (Å²) in [7, 11) is -7.89. The van der Waals surface area contributed by atoms with Crippen LogP contribution >= 0.6 is 7.60 Å². The molecule has 0 radical (unpaired) electrons. The smallest absolute Gasteiger partial charge is 0.361 e. The number of rotatable bonds is 9. The Bertz CT molecular complexity index is 371. The van der Waals surface area contributed by atoms with Crippen molar-refractivity contribution in [1.29, 1.82) is 0 Å². The maximum atomic E-state index is 12.1. The van der Waals surface area contributed by atoms with E-state index in [0.717, 1.165) is 6.26 Å². The average Bonchev–Trinajstić information content (AvgIpc) is 2.24. The summed E-state index contributed by atoms with van der Waals surface area (Å²) in [6.45, 7) is 2.20. The fourth-order valence-electron chi connectivity index (χ4n) is 1.15. The third-order valence-corrected chi connectivity index (χ3v) is 4.57. The fraction of sp³-hybridized carbons (Fsp3) is 1.00. The SMILES string of the molecule is CCOP(=O)(OCC)[C@@H](O)[C@@H](CO)OS(C)(=O)=O. The number of hydrogen-bond donors (Lipinski definition) is 2. The second-order valence-electron chi connectivity index (χ2n) is 3.31. The predicted octanol–water partition coefficient (Wildman–Crippen LogP) is -0.0920. The van der Waals surface area contributed by atoms with Crippen LogP contribution in [-0.2, 0) is 27.9 Å². The van der Waals surface area contributed by atoms with Crippen LogP contribution in [0.15, 0.2) is 0 Å². The lowest BCUT2D eigenvalue weighted by atomic mass is 10.4. The first kappa shape index (κ1) is 18.0. The van der Waals surface area contributed by atoms with E-state index >= 15 is 0 Å². The number of hydrogen-bond acceptors (Lipinski definition) is 8. The van der Waals surface area contributed by atoms with Crippen molar-refractivity contribution >= 4 is 17.7 Å². The zero-order valence-corrected chi connectivity index (χ0v) is 12.2. The van der Waals surface area contributed by atoms with E-state index in [1.54, 1.807) is 0 Å². The van der Waals surface area contributed by atoms with E-state index in [2.05, 4.69) is 4.18 Å². The fourth-order valence-corrected chi connectivity index (χ4v) is 3.51. The van der Waals surface area contributed by atoms with Crippen LogP contribution in [0.3, 0.4) is 0 Å². The van der Waals surface area contributed by atoms with E-state index in [0.29, 0.717) is 0 Å². The second kappa shape index (κ2) is 7.54. The van der Waals surface area contributed by atoms with Gasteiger partial charge in [-0.1, -0.05) is 0 Å². The van der Waals surface area contributed by atoms with Crippen molar-refractivity contribution in [3.63, 3.8) is 0 Å². The standard InChI is InChI=1S/C8H19O8PS/c1-4-14-17(11,15-5-2)8(10)7(6-9)16-18(3,12)13/h7-10H,4-6H2,1-3H3/t7-,8-/m1/s1. The van der Waals surface area contributed by atoms with E-state index in [4.69, 9.17) is 14.2 Å². The summed E-state index contributed by atoms with van der Waals surface area (Å²) in [5.41, 5.74) is 0. The van der Waals surface area contributed by atoms with Gasteiger partial charge in [-0.25, -0.2) is 0 Å². The van der Waals surface area contributed by atoms with Crippen molar-refractivity contribution in [2.45, 2.75) is 25.8 Å². The van der Waals surface area contributed by atoms with Gasteiger partial charge in [-0.05, 0) is 13.8 Å². The molecule has 0 saturated heterocycles. The molecule has 2 atom stereocenters. The van der Waals surface area contributed by atoms with Crippen LogP contribution in [0.1, 0.15) is 13.8 Å². The van der Waals surface area contributed by atoms with E-state index in [-0.39, 0.29) is 13.2 Å². The highest BCUT2D eigenvalue weighted by Crippen LogP contribution is 2.53. The Balaban J connectivity index is 5.03. The van der Waals surface area contributed by atoms with E-state index < -0.39 is 36.3 Å². The highest BCUT2D eigenvalue weighted by atomic mass is 32.2. The number of aliphatic hydroxyl groups excluding tert-OH is 2. The molecule has 0 unspecified atom stereocenters.